The van der Waals surface area contributed by atoms with Gasteiger partial charge in [-0.3, -0.25) is 4.79 Å². The molecule has 0 unspecified atom stereocenters. The van der Waals surface area contributed by atoms with E-state index in [0.717, 1.165) is 5.56 Å². The third-order valence-electron chi connectivity index (χ3n) is 2.89. The Hall–Kier alpha value is -2.82. The summed E-state index contributed by atoms with van der Waals surface area (Å²) in [5, 5.41) is 20.5. The summed E-state index contributed by atoms with van der Waals surface area (Å²) in [5.41, 5.74) is 2.40. The molecule has 0 saturated heterocycles. The minimum atomic E-state index is -0.287. The first-order valence-corrected chi connectivity index (χ1v) is 6.62. The lowest BCUT2D eigenvalue weighted by Gasteiger charge is -2.06. The number of anilines is 1. The molecule has 0 saturated carbocycles. The Labute approximate surface area is 127 Å². The number of amides is 1. The summed E-state index contributed by atoms with van der Waals surface area (Å²) in [6, 6.07) is 15.3. The Morgan fingerprint density at radius 1 is 1.05 bits per heavy atom. The minimum Gasteiger partial charge on any atom is -0.322 e. The zero-order valence-electron chi connectivity index (χ0n) is 10.9. The van der Waals surface area contributed by atoms with Crippen LogP contribution in [0.25, 0.3) is 0 Å². The maximum atomic E-state index is 12.1. The molecule has 2 aromatic carbocycles. The summed E-state index contributed by atoms with van der Waals surface area (Å²) in [5.74, 6) is 0.105. The molecule has 102 valence electrons. The number of rotatable bonds is 3. The molecule has 2 rings (SSSR count). The highest BCUT2D eigenvalue weighted by Gasteiger charge is 2.08. The molecule has 2 aromatic rings. The molecule has 1 amide bonds. The number of nitrogens with zero attached hydrogens (tertiary/aromatic N) is 2. The van der Waals surface area contributed by atoms with Gasteiger partial charge in [0.15, 0.2) is 0 Å². The molecule has 0 aliphatic heterocycles. The molecule has 0 fully saturated rings. The van der Waals surface area contributed by atoms with E-state index in [-0.39, 0.29) is 17.0 Å². The fourth-order valence-electron chi connectivity index (χ4n) is 1.76. The Morgan fingerprint density at radius 3 is 2.29 bits per heavy atom. The van der Waals surface area contributed by atoms with Gasteiger partial charge >= 0.3 is 0 Å². The van der Waals surface area contributed by atoms with Crippen molar-refractivity contribution in [3.05, 3.63) is 64.7 Å². The molecule has 0 heterocycles. The summed E-state index contributed by atoms with van der Waals surface area (Å²) >= 11 is 5.69. The van der Waals surface area contributed by atoms with E-state index in [2.05, 4.69) is 5.32 Å². The number of nitrogens with one attached hydrogen (secondary N) is 1. The Morgan fingerprint density at radius 2 is 1.71 bits per heavy atom. The molecule has 0 bridgehead atoms. The number of nitriles is 2. The molecule has 0 aliphatic carbocycles. The second-order valence-electron chi connectivity index (χ2n) is 4.27. The van der Waals surface area contributed by atoms with Crippen LogP contribution in [-0.2, 0) is 5.88 Å². The van der Waals surface area contributed by atoms with Crippen molar-refractivity contribution < 1.29 is 4.79 Å². The van der Waals surface area contributed by atoms with Crippen molar-refractivity contribution in [3.8, 4) is 12.1 Å². The molecule has 0 radical (unpaired) electrons. The zero-order chi connectivity index (χ0) is 15.2. The van der Waals surface area contributed by atoms with Gasteiger partial charge in [0.25, 0.3) is 5.91 Å². The molecule has 0 aromatic heterocycles. The summed E-state index contributed by atoms with van der Waals surface area (Å²) < 4.78 is 0. The standard InChI is InChI=1S/C16H10ClN3O/c17-8-11-1-3-12(4-2-11)16(21)20-15-6-5-13(9-18)14(7-15)10-19/h1-7H,8H2,(H,20,21). The summed E-state index contributed by atoms with van der Waals surface area (Å²) in [6.07, 6.45) is 0. The fourth-order valence-corrected chi connectivity index (χ4v) is 1.94. The van der Waals surface area contributed by atoms with Gasteiger partial charge in [-0.15, -0.1) is 11.6 Å². The van der Waals surface area contributed by atoms with Crippen LogP contribution in [0.4, 0.5) is 5.69 Å². The number of carbonyl (C=O) groups excluding carboxylic acids is 1. The highest BCUT2D eigenvalue weighted by molar-refractivity contribution is 6.17. The molecule has 0 atom stereocenters. The summed E-state index contributed by atoms with van der Waals surface area (Å²) in [7, 11) is 0. The second kappa shape index (κ2) is 6.56. The van der Waals surface area contributed by atoms with E-state index >= 15 is 0 Å². The first-order chi connectivity index (χ1) is 10.2. The third kappa shape index (κ3) is 3.39. The summed E-state index contributed by atoms with van der Waals surface area (Å²) in [4.78, 5) is 12.1. The van der Waals surface area contributed by atoms with Crippen molar-refractivity contribution in [2.24, 2.45) is 0 Å². The van der Waals surface area contributed by atoms with Crippen LogP contribution in [0.1, 0.15) is 27.0 Å². The molecule has 0 spiro atoms. The van der Waals surface area contributed by atoms with Crippen LogP contribution in [0.5, 0.6) is 0 Å². The molecule has 1 N–H and O–H groups in total. The monoisotopic (exact) mass is 295 g/mol. The van der Waals surface area contributed by atoms with E-state index in [1.807, 2.05) is 12.1 Å². The van der Waals surface area contributed by atoms with E-state index in [0.29, 0.717) is 17.1 Å². The quantitative estimate of drug-likeness (QED) is 0.881. The van der Waals surface area contributed by atoms with Crippen LogP contribution in [0, 0.1) is 22.7 Å². The van der Waals surface area contributed by atoms with E-state index in [1.165, 1.54) is 12.1 Å². The van der Waals surface area contributed by atoms with E-state index < -0.39 is 0 Å². The molecular formula is C16H10ClN3O. The fraction of sp³-hybridized carbons (Fsp3) is 0.0625. The highest BCUT2D eigenvalue weighted by Crippen LogP contribution is 2.16. The average molecular weight is 296 g/mol. The van der Waals surface area contributed by atoms with Gasteiger partial charge in [-0.25, -0.2) is 0 Å². The third-order valence-corrected chi connectivity index (χ3v) is 3.20. The van der Waals surface area contributed by atoms with Gasteiger partial charge in [-0.2, -0.15) is 10.5 Å². The van der Waals surface area contributed by atoms with Crippen LogP contribution < -0.4 is 5.32 Å². The maximum Gasteiger partial charge on any atom is 0.255 e. The number of carbonyl (C=O) groups is 1. The van der Waals surface area contributed by atoms with Crippen LogP contribution in [-0.4, -0.2) is 5.91 Å². The molecule has 5 heteroatoms. The summed E-state index contributed by atoms with van der Waals surface area (Å²) in [6.45, 7) is 0. The first-order valence-electron chi connectivity index (χ1n) is 6.08. The van der Waals surface area contributed by atoms with Crippen molar-refractivity contribution in [3.63, 3.8) is 0 Å². The van der Waals surface area contributed by atoms with Crippen molar-refractivity contribution in [1.29, 1.82) is 10.5 Å². The van der Waals surface area contributed by atoms with E-state index in [4.69, 9.17) is 22.1 Å². The highest BCUT2D eigenvalue weighted by atomic mass is 35.5. The average Bonchev–Trinajstić information content (AvgIpc) is 2.54. The second-order valence-corrected chi connectivity index (χ2v) is 4.54. The lowest BCUT2D eigenvalue weighted by molar-refractivity contribution is 0.102. The molecule has 4 nitrogen and oxygen atoms in total. The lowest BCUT2D eigenvalue weighted by Crippen LogP contribution is -2.12. The number of hydrogen-bond donors (Lipinski definition) is 1. The predicted molar refractivity (Wildman–Crippen MR) is 79.8 cm³/mol. The Bertz CT molecular complexity index is 755. The topological polar surface area (TPSA) is 76.7 Å². The van der Waals surface area contributed by atoms with Gasteiger partial charge in [0.1, 0.15) is 12.1 Å². The minimum absolute atomic E-state index is 0.229. The van der Waals surface area contributed by atoms with Gasteiger partial charge in [0.05, 0.1) is 11.1 Å². The van der Waals surface area contributed by atoms with Crippen LogP contribution in [0.2, 0.25) is 0 Å². The van der Waals surface area contributed by atoms with E-state index in [1.54, 1.807) is 30.3 Å². The number of benzene rings is 2. The zero-order valence-corrected chi connectivity index (χ0v) is 11.7. The van der Waals surface area contributed by atoms with Crippen LogP contribution in [0.15, 0.2) is 42.5 Å². The largest absolute Gasteiger partial charge is 0.322 e. The maximum absolute atomic E-state index is 12.1. The van der Waals surface area contributed by atoms with Crippen molar-refractivity contribution in [1.82, 2.24) is 0 Å². The molecule has 21 heavy (non-hydrogen) atoms. The Kier molecular flexibility index (Phi) is 4.56. The van der Waals surface area contributed by atoms with Gasteiger partial charge in [-0.1, -0.05) is 12.1 Å². The van der Waals surface area contributed by atoms with Crippen LogP contribution in [0.3, 0.4) is 0 Å². The van der Waals surface area contributed by atoms with Gasteiger partial charge < -0.3 is 5.32 Å². The van der Waals surface area contributed by atoms with Gasteiger partial charge in [0, 0.05) is 17.1 Å². The van der Waals surface area contributed by atoms with Crippen molar-refractivity contribution >= 4 is 23.2 Å². The SMILES string of the molecule is N#Cc1ccc(NC(=O)c2ccc(CCl)cc2)cc1C#N. The lowest BCUT2D eigenvalue weighted by atomic mass is 10.1. The number of hydrogen-bond acceptors (Lipinski definition) is 3. The smallest absolute Gasteiger partial charge is 0.255 e. The predicted octanol–water partition coefficient (Wildman–Crippen LogP) is 3.42. The normalized spacial score (nSPS) is 9.48. The van der Waals surface area contributed by atoms with Crippen molar-refractivity contribution in [2.45, 2.75) is 5.88 Å². The Balaban J connectivity index is 2.19. The van der Waals surface area contributed by atoms with Gasteiger partial charge in [0.2, 0.25) is 0 Å². The number of halogens is 1. The first kappa shape index (κ1) is 14.6. The van der Waals surface area contributed by atoms with Crippen LogP contribution >= 0.6 is 11.6 Å². The van der Waals surface area contributed by atoms with Crippen molar-refractivity contribution in [2.75, 3.05) is 5.32 Å². The van der Waals surface area contributed by atoms with Gasteiger partial charge in [-0.05, 0) is 35.9 Å². The molecule has 0 aliphatic rings. The number of alkyl halides is 1. The molecular weight excluding hydrogens is 286 g/mol. The van der Waals surface area contributed by atoms with E-state index in [9.17, 15) is 4.79 Å².